The van der Waals surface area contributed by atoms with E-state index in [1.54, 1.807) is 0 Å². The van der Waals surface area contributed by atoms with Crippen molar-refractivity contribution in [3.63, 3.8) is 0 Å². The van der Waals surface area contributed by atoms with Gasteiger partial charge in [-0.3, -0.25) is 0 Å². The number of quaternary nitrogens is 1. The van der Waals surface area contributed by atoms with Gasteiger partial charge in [0.1, 0.15) is 6.67 Å². The first-order valence-electron chi connectivity index (χ1n) is 5.61. The molecule has 0 aromatic heterocycles. The fraction of sp³-hybridized carbons (Fsp3) is 1.00. The second-order valence-electron chi connectivity index (χ2n) is 4.88. The van der Waals surface area contributed by atoms with Gasteiger partial charge in [0.05, 0.1) is 26.2 Å². The van der Waals surface area contributed by atoms with Gasteiger partial charge in [-0.1, -0.05) is 6.92 Å². The fourth-order valence-corrected chi connectivity index (χ4v) is 2.37. The summed E-state index contributed by atoms with van der Waals surface area (Å²) in [4.78, 5) is 2.66. The van der Waals surface area contributed by atoms with Gasteiger partial charge in [-0.05, 0) is 27.2 Å². The van der Waals surface area contributed by atoms with Crippen LogP contribution in [0.3, 0.4) is 0 Å². The third kappa shape index (κ3) is 2.23. The Morgan fingerprint density at radius 3 is 2.46 bits per heavy atom. The molecule has 0 aromatic carbocycles. The van der Waals surface area contributed by atoms with E-state index in [9.17, 15) is 0 Å². The van der Waals surface area contributed by atoms with Crippen molar-refractivity contribution in [2.45, 2.75) is 46.2 Å². The predicted octanol–water partition coefficient (Wildman–Crippen LogP) is 1.91. The summed E-state index contributed by atoms with van der Waals surface area (Å²) in [7, 11) is 2.37. The quantitative estimate of drug-likeness (QED) is 0.607. The van der Waals surface area contributed by atoms with Crippen LogP contribution < -0.4 is 0 Å². The van der Waals surface area contributed by atoms with Crippen molar-refractivity contribution in [1.82, 2.24) is 4.90 Å². The molecule has 0 saturated carbocycles. The molecular weight excluding hydrogens is 160 g/mol. The highest BCUT2D eigenvalue weighted by Gasteiger charge is 2.38. The number of rotatable bonds is 3. The van der Waals surface area contributed by atoms with Gasteiger partial charge in [-0.2, -0.15) is 0 Å². The van der Waals surface area contributed by atoms with Crippen LogP contribution in [0.5, 0.6) is 0 Å². The lowest BCUT2D eigenvalue weighted by Crippen LogP contribution is -2.44. The Labute approximate surface area is 83.1 Å². The molecule has 1 saturated heterocycles. The molecule has 3 atom stereocenters. The molecule has 1 rings (SSSR count). The summed E-state index contributed by atoms with van der Waals surface area (Å²) in [5.74, 6) is 0. The molecule has 13 heavy (non-hydrogen) atoms. The van der Waals surface area contributed by atoms with E-state index in [4.69, 9.17) is 0 Å². The zero-order chi connectivity index (χ0) is 10.1. The first-order valence-corrected chi connectivity index (χ1v) is 5.61. The van der Waals surface area contributed by atoms with Gasteiger partial charge in [0.15, 0.2) is 0 Å². The number of likely N-dealkylation sites (N-methyl/N-ethyl adjacent to an activating group) is 1. The van der Waals surface area contributed by atoms with Crippen LogP contribution in [0.1, 0.15) is 34.1 Å². The first kappa shape index (κ1) is 11.0. The van der Waals surface area contributed by atoms with Crippen LogP contribution in [-0.4, -0.2) is 48.3 Å². The van der Waals surface area contributed by atoms with Crippen molar-refractivity contribution < 1.29 is 4.48 Å². The van der Waals surface area contributed by atoms with Crippen LogP contribution in [-0.2, 0) is 0 Å². The Morgan fingerprint density at radius 1 is 1.46 bits per heavy atom. The summed E-state index contributed by atoms with van der Waals surface area (Å²) in [5, 5.41) is 0. The van der Waals surface area contributed by atoms with E-state index >= 15 is 0 Å². The largest absolute Gasteiger partial charge is 0.312 e. The minimum absolute atomic E-state index is 0.751. The molecule has 2 nitrogen and oxygen atoms in total. The molecule has 1 aliphatic heterocycles. The van der Waals surface area contributed by atoms with E-state index in [2.05, 4.69) is 39.6 Å². The molecule has 1 aliphatic rings. The average molecular weight is 185 g/mol. The first-order chi connectivity index (χ1) is 6.02. The smallest absolute Gasteiger partial charge is 0.135 e. The second kappa shape index (κ2) is 3.97. The van der Waals surface area contributed by atoms with E-state index in [-0.39, 0.29) is 0 Å². The summed E-state index contributed by atoms with van der Waals surface area (Å²) in [6.45, 7) is 13.1. The van der Waals surface area contributed by atoms with Crippen LogP contribution in [0.2, 0.25) is 0 Å². The predicted molar refractivity (Wildman–Crippen MR) is 57.5 cm³/mol. The lowest BCUT2D eigenvalue weighted by molar-refractivity contribution is -0.901. The second-order valence-corrected chi connectivity index (χ2v) is 4.88. The number of hydrogen-bond acceptors (Lipinski definition) is 1. The van der Waals surface area contributed by atoms with Crippen molar-refractivity contribution in [3.05, 3.63) is 0 Å². The highest BCUT2D eigenvalue weighted by atomic mass is 15.5. The van der Waals surface area contributed by atoms with E-state index in [1.807, 2.05) is 0 Å². The van der Waals surface area contributed by atoms with Crippen molar-refractivity contribution in [3.8, 4) is 0 Å². The van der Waals surface area contributed by atoms with Crippen LogP contribution in [0.4, 0.5) is 0 Å². The third-order valence-electron chi connectivity index (χ3n) is 3.70. The standard InChI is InChI=1S/C11H25N2/c1-6-10(3)12-9-13(5,7-2)8-11(12)4/h10-11H,6-9H2,1-5H3/q+1/t10?,11?,13-/m1/s1. The average Bonchev–Trinajstić information content (AvgIpc) is 2.42. The Balaban J connectivity index is 2.61. The van der Waals surface area contributed by atoms with Gasteiger partial charge in [0.2, 0.25) is 0 Å². The topological polar surface area (TPSA) is 3.24 Å². The zero-order valence-electron chi connectivity index (χ0n) is 9.88. The molecular formula is C11H25N2+. The van der Waals surface area contributed by atoms with E-state index in [0.717, 1.165) is 12.1 Å². The van der Waals surface area contributed by atoms with E-state index in [0.29, 0.717) is 0 Å². The highest BCUT2D eigenvalue weighted by Crippen LogP contribution is 2.22. The lowest BCUT2D eigenvalue weighted by Gasteiger charge is -2.29. The molecule has 0 spiro atoms. The summed E-state index contributed by atoms with van der Waals surface area (Å²) >= 11 is 0. The van der Waals surface area contributed by atoms with Crippen LogP contribution in [0.15, 0.2) is 0 Å². The summed E-state index contributed by atoms with van der Waals surface area (Å²) in [6.07, 6.45) is 1.27. The molecule has 78 valence electrons. The zero-order valence-corrected chi connectivity index (χ0v) is 9.88. The van der Waals surface area contributed by atoms with Crippen molar-refractivity contribution in [2.24, 2.45) is 0 Å². The third-order valence-corrected chi connectivity index (χ3v) is 3.70. The van der Waals surface area contributed by atoms with Gasteiger partial charge in [0, 0.05) is 6.04 Å². The molecule has 2 unspecified atom stereocenters. The van der Waals surface area contributed by atoms with Crippen molar-refractivity contribution in [2.75, 3.05) is 26.8 Å². The Morgan fingerprint density at radius 2 is 2.08 bits per heavy atom. The Hall–Kier alpha value is -0.0800. The monoisotopic (exact) mass is 185 g/mol. The number of nitrogens with zero attached hydrogens (tertiary/aromatic N) is 2. The minimum atomic E-state index is 0.751. The molecule has 2 heteroatoms. The molecule has 0 N–H and O–H groups in total. The van der Waals surface area contributed by atoms with Crippen LogP contribution in [0, 0.1) is 0 Å². The molecule has 0 aromatic rings. The lowest BCUT2D eigenvalue weighted by atomic mass is 10.2. The summed E-state index contributed by atoms with van der Waals surface area (Å²) in [6, 6.07) is 1.52. The van der Waals surface area contributed by atoms with Crippen LogP contribution in [0.25, 0.3) is 0 Å². The molecule has 0 amide bonds. The minimum Gasteiger partial charge on any atom is -0.312 e. The fourth-order valence-electron chi connectivity index (χ4n) is 2.37. The van der Waals surface area contributed by atoms with Gasteiger partial charge in [-0.25, -0.2) is 4.90 Å². The highest BCUT2D eigenvalue weighted by molar-refractivity contribution is 4.75. The van der Waals surface area contributed by atoms with Gasteiger partial charge < -0.3 is 4.48 Å². The van der Waals surface area contributed by atoms with Gasteiger partial charge in [-0.15, -0.1) is 0 Å². The maximum atomic E-state index is 2.66. The molecule has 1 fully saturated rings. The van der Waals surface area contributed by atoms with Gasteiger partial charge >= 0.3 is 0 Å². The number of hydrogen-bond donors (Lipinski definition) is 0. The van der Waals surface area contributed by atoms with E-state index in [1.165, 1.54) is 30.7 Å². The van der Waals surface area contributed by atoms with Crippen molar-refractivity contribution >= 4 is 0 Å². The van der Waals surface area contributed by atoms with Gasteiger partial charge in [0.25, 0.3) is 0 Å². The molecule has 0 aliphatic carbocycles. The summed E-state index contributed by atoms with van der Waals surface area (Å²) in [5.41, 5.74) is 0. The maximum Gasteiger partial charge on any atom is 0.135 e. The normalized spacial score (nSPS) is 38.1. The molecule has 0 radical (unpaired) electrons. The van der Waals surface area contributed by atoms with Crippen LogP contribution >= 0.6 is 0 Å². The SMILES string of the molecule is CCC(C)N1C[N@+](C)(CC)CC1C. The molecule has 0 bridgehead atoms. The van der Waals surface area contributed by atoms with Crippen molar-refractivity contribution in [1.29, 1.82) is 0 Å². The Bertz CT molecular complexity index is 169. The summed E-state index contributed by atoms with van der Waals surface area (Å²) < 4.78 is 1.23. The maximum absolute atomic E-state index is 2.66. The molecule has 1 heterocycles. The Kier molecular flexibility index (Phi) is 3.36. The van der Waals surface area contributed by atoms with E-state index < -0.39 is 0 Å².